The molecule has 1 amide bonds. The fraction of sp³-hybridized carbons (Fsp3) is 0.154. The second kappa shape index (κ2) is 5.66. The molecule has 5 heteroatoms. The number of amides is 1. The first-order valence-electron chi connectivity index (χ1n) is 5.60. The Bertz CT molecular complexity index is 524. The number of rotatable bonds is 4. The Balaban J connectivity index is 2.14. The van der Waals surface area contributed by atoms with Gasteiger partial charge < -0.3 is 16.8 Å². The van der Waals surface area contributed by atoms with E-state index in [0.29, 0.717) is 11.4 Å². The van der Waals surface area contributed by atoms with Crippen LogP contribution in [-0.2, 0) is 4.79 Å². The molecule has 1 aromatic heterocycles. The number of hydrogen-bond acceptors (Lipinski definition) is 4. The summed E-state index contributed by atoms with van der Waals surface area (Å²) < 4.78 is 0. The van der Waals surface area contributed by atoms with Crippen molar-refractivity contribution in [1.29, 1.82) is 0 Å². The molecule has 1 heterocycles. The first-order valence-corrected chi connectivity index (χ1v) is 6.54. The van der Waals surface area contributed by atoms with Gasteiger partial charge in [0.2, 0.25) is 5.91 Å². The molecule has 0 aliphatic carbocycles. The largest absolute Gasteiger partial charge is 0.396 e. The molecule has 2 aromatic rings. The zero-order valence-electron chi connectivity index (χ0n) is 9.80. The van der Waals surface area contributed by atoms with Crippen molar-refractivity contribution in [2.75, 3.05) is 17.6 Å². The van der Waals surface area contributed by atoms with Gasteiger partial charge in [0.05, 0.1) is 17.3 Å². The molecule has 0 aliphatic heterocycles. The Morgan fingerprint density at radius 3 is 2.56 bits per heavy atom. The number of carbonyl (C=O) groups excluding carboxylic acids is 1. The van der Waals surface area contributed by atoms with Crippen LogP contribution in [0.4, 0.5) is 11.4 Å². The molecule has 0 radical (unpaired) electrons. The molecule has 1 aromatic carbocycles. The molecule has 4 nitrogen and oxygen atoms in total. The number of thiophene rings is 1. The molecule has 18 heavy (non-hydrogen) atoms. The van der Waals surface area contributed by atoms with Gasteiger partial charge in [0, 0.05) is 17.3 Å². The number of anilines is 2. The van der Waals surface area contributed by atoms with Crippen molar-refractivity contribution in [2.45, 2.75) is 5.92 Å². The minimum Gasteiger partial charge on any atom is -0.396 e. The van der Waals surface area contributed by atoms with Gasteiger partial charge in [-0.25, -0.2) is 0 Å². The van der Waals surface area contributed by atoms with E-state index in [0.717, 1.165) is 5.56 Å². The summed E-state index contributed by atoms with van der Waals surface area (Å²) in [4.78, 5) is 12.2. The van der Waals surface area contributed by atoms with Crippen molar-refractivity contribution in [1.82, 2.24) is 0 Å². The van der Waals surface area contributed by atoms with Gasteiger partial charge in [0.15, 0.2) is 0 Å². The van der Waals surface area contributed by atoms with E-state index < -0.39 is 0 Å². The summed E-state index contributed by atoms with van der Waals surface area (Å²) in [7, 11) is 0. The van der Waals surface area contributed by atoms with Crippen molar-refractivity contribution in [3.05, 3.63) is 46.7 Å². The van der Waals surface area contributed by atoms with Crippen LogP contribution in [0.3, 0.4) is 0 Å². The van der Waals surface area contributed by atoms with Crippen molar-refractivity contribution in [3.63, 3.8) is 0 Å². The smallest absolute Gasteiger partial charge is 0.233 e. The number of hydrogen-bond donors (Lipinski definition) is 3. The van der Waals surface area contributed by atoms with Crippen molar-refractivity contribution in [2.24, 2.45) is 5.73 Å². The molecule has 2 rings (SSSR count). The molecule has 0 saturated heterocycles. The predicted molar refractivity (Wildman–Crippen MR) is 75.6 cm³/mol. The molecule has 0 bridgehead atoms. The van der Waals surface area contributed by atoms with Crippen LogP contribution < -0.4 is 16.8 Å². The first kappa shape index (κ1) is 12.6. The highest BCUT2D eigenvalue weighted by atomic mass is 32.1. The van der Waals surface area contributed by atoms with Crippen LogP contribution in [0, 0.1) is 0 Å². The average molecular weight is 261 g/mol. The number of nitrogens with one attached hydrogen (secondary N) is 1. The number of nitrogens with two attached hydrogens (primary N) is 2. The summed E-state index contributed by atoms with van der Waals surface area (Å²) in [6.07, 6.45) is 0. The Labute approximate surface area is 110 Å². The van der Waals surface area contributed by atoms with Gasteiger partial charge in [-0.05, 0) is 5.56 Å². The molecule has 94 valence electrons. The third-order valence-electron chi connectivity index (χ3n) is 2.70. The zero-order valence-corrected chi connectivity index (χ0v) is 10.6. The van der Waals surface area contributed by atoms with Gasteiger partial charge in [-0.15, -0.1) is 11.3 Å². The van der Waals surface area contributed by atoms with E-state index in [9.17, 15) is 4.79 Å². The molecule has 1 atom stereocenters. The number of carbonyl (C=O) groups is 1. The molecular weight excluding hydrogens is 246 g/mol. The van der Waals surface area contributed by atoms with Crippen molar-refractivity contribution >= 4 is 28.6 Å². The SMILES string of the molecule is NCC(C(=O)Nc1cscc1N)c1ccccc1. The molecule has 0 spiro atoms. The van der Waals surface area contributed by atoms with E-state index in [1.54, 1.807) is 5.38 Å². The lowest BCUT2D eigenvalue weighted by molar-refractivity contribution is -0.117. The molecule has 1 unspecified atom stereocenters. The lowest BCUT2D eigenvalue weighted by Gasteiger charge is -2.15. The predicted octanol–water partition coefficient (Wildman–Crippen LogP) is 2.01. The maximum Gasteiger partial charge on any atom is 0.233 e. The summed E-state index contributed by atoms with van der Waals surface area (Å²) >= 11 is 1.45. The molecule has 0 saturated carbocycles. The maximum absolute atomic E-state index is 12.2. The van der Waals surface area contributed by atoms with Crippen LogP contribution in [0.15, 0.2) is 41.1 Å². The van der Waals surface area contributed by atoms with Gasteiger partial charge in [0.25, 0.3) is 0 Å². The van der Waals surface area contributed by atoms with Gasteiger partial charge in [-0.3, -0.25) is 4.79 Å². The quantitative estimate of drug-likeness (QED) is 0.787. The van der Waals surface area contributed by atoms with E-state index in [1.807, 2.05) is 35.7 Å². The van der Waals surface area contributed by atoms with Crippen LogP contribution in [0.2, 0.25) is 0 Å². The van der Waals surface area contributed by atoms with Crippen LogP contribution in [-0.4, -0.2) is 12.5 Å². The third-order valence-corrected chi connectivity index (χ3v) is 3.47. The van der Waals surface area contributed by atoms with E-state index >= 15 is 0 Å². The topological polar surface area (TPSA) is 81.1 Å². The second-order valence-electron chi connectivity index (χ2n) is 3.93. The monoisotopic (exact) mass is 261 g/mol. The van der Waals surface area contributed by atoms with Crippen LogP contribution in [0.1, 0.15) is 11.5 Å². The minimum atomic E-state index is -0.356. The molecule has 5 N–H and O–H groups in total. The van der Waals surface area contributed by atoms with Gasteiger partial charge >= 0.3 is 0 Å². The van der Waals surface area contributed by atoms with Crippen LogP contribution in [0.25, 0.3) is 0 Å². The lowest BCUT2D eigenvalue weighted by Crippen LogP contribution is -2.27. The molecular formula is C13H15N3OS. The highest BCUT2D eigenvalue weighted by Crippen LogP contribution is 2.25. The molecule has 0 aliphatic rings. The average Bonchev–Trinajstić information content (AvgIpc) is 2.77. The highest BCUT2D eigenvalue weighted by molar-refractivity contribution is 7.09. The summed E-state index contributed by atoms with van der Waals surface area (Å²) in [6.45, 7) is 0.264. The van der Waals surface area contributed by atoms with E-state index in [-0.39, 0.29) is 18.4 Å². The standard InChI is InChI=1S/C13H15N3OS/c14-6-10(9-4-2-1-3-5-9)13(17)16-12-8-18-7-11(12)15/h1-5,7-8,10H,6,14-15H2,(H,16,17). The number of benzene rings is 1. The Kier molecular flexibility index (Phi) is 3.96. The third kappa shape index (κ3) is 2.69. The summed E-state index contributed by atoms with van der Waals surface area (Å²) in [5.74, 6) is -0.487. The maximum atomic E-state index is 12.2. The Morgan fingerprint density at radius 1 is 1.28 bits per heavy atom. The fourth-order valence-corrected chi connectivity index (χ4v) is 2.38. The van der Waals surface area contributed by atoms with Gasteiger partial charge in [0.1, 0.15) is 0 Å². The Morgan fingerprint density at radius 2 is 2.00 bits per heavy atom. The summed E-state index contributed by atoms with van der Waals surface area (Å²) in [5, 5.41) is 6.40. The van der Waals surface area contributed by atoms with E-state index in [1.165, 1.54) is 11.3 Å². The summed E-state index contributed by atoms with van der Waals surface area (Å²) in [6, 6.07) is 9.49. The van der Waals surface area contributed by atoms with Gasteiger partial charge in [-0.2, -0.15) is 0 Å². The second-order valence-corrected chi connectivity index (χ2v) is 4.67. The minimum absolute atomic E-state index is 0.131. The fourth-order valence-electron chi connectivity index (χ4n) is 1.71. The van der Waals surface area contributed by atoms with Crippen molar-refractivity contribution in [3.8, 4) is 0 Å². The van der Waals surface area contributed by atoms with Crippen LogP contribution in [0.5, 0.6) is 0 Å². The summed E-state index contributed by atoms with van der Waals surface area (Å²) in [5.41, 5.74) is 13.6. The van der Waals surface area contributed by atoms with Crippen molar-refractivity contribution < 1.29 is 4.79 Å². The highest BCUT2D eigenvalue weighted by Gasteiger charge is 2.19. The zero-order chi connectivity index (χ0) is 13.0. The van der Waals surface area contributed by atoms with E-state index in [4.69, 9.17) is 11.5 Å². The normalized spacial score (nSPS) is 12.1. The lowest BCUT2D eigenvalue weighted by atomic mass is 9.98. The Hall–Kier alpha value is -1.85. The van der Waals surface area contributed by atoms with Crippen LogP contribution >= 0.6 is 11.3 Å². The first-order chi connectivity index (χ1) is 8.72. The van der Waals surface area contributed by atoms with Gasteiger partial charge in [-0.1, -0.05) is 30.3 Å². The number of nitrogen functional groups attached to an aromatic ring is 1. The van der Waals surface area contributed by atoms with E-state index in [2.05, 4.69) is 5.32 Å². The molecule has 0 fully saturated rings.